The first-order valence-electron chi connectivity index (χ1n) is 10.0. The summed E-state index contributed by atoms with van der Waals surface area (Å²) in [6, 6.07) is 6.23. The van der Waals surface area contributed by atoms with Gasteiger partial charge in [0.05, 0.1) is 13.2 Å². The summed E-state index contributed by atoms with van der Waals surface area (Å²) in [6.07, 6.45) is 4.43. The molecule has 1 N–H and O–H groups in total. The van der Waals surface area contributed by atoms with Gasteiger partial charge in [-0.3, -0.25) is 9.69 Å². The van der Waals surface area contributed by atoms with Crippen molar-refractivity contribution in [2.75, 3.05) is 52.5 Å². The quantitative estimate of drug-likeness (QED) is 0.888. The van der Waals surface area contributed by atoms with Crippen LogP contribution in [-0.2, 0) is 17.6 Å². The second-order valence-electron chi connectivity index (χ2n) is 8.11. The van der Waals surface area contributed by atoms with Gasteiger partial charge in [0.1, 0.15) is 0 Å². The Bertz CT molecular complexity index is 642. The van der Waals surface area contributed by atoms with Crippen molar-refractivity contribution in [1.82, 2.24) is 9.80 Å². The SMILES string of the molecule is O=C(c1ccc2c(c1)CCC2)N1C[C@H](CO)C[C@@H](CN2CCOCC2)C1. The van der Waals surface area contributed by atoms with Crippen LogP contribution in [0.25, 0.3) is 0 Å². The number of benzene rings is 1. The molecule has 1 aromatic rings. The van der Waals surface area contributed by atoms with Gasteiger partial charge in [-0.2, -0.15) is 0 Å². The highest BCUT2D eigenvalue weighted by Crippen LogP contribution is 2.27. The molecule has 0 bridgehead atoms. The number of likely N-dealkylation sites (tertiary alicyclic amines) is 1. The van der Waals surface area contributed by atoms with Crippen molar-refractivity contribution < 1.29 is 14.6 Å². The Morgan fingerprint density at radius 1 is 1.12 bits per heavy atom. The van der Waals surface area contributed by atoms with Crippen molar-refractivity contribution >= 4 is 5.91 Å². The standard InChI is InChI=1S/C21H30N2O3/c24-15-17-10-16(12-22-6-8-26-9-7-22)13-23(14-17)21(25)20-5-4-18-2-1-3-19(18)11-20/h4-5,11,16-17,24H,1-3,6-10,12-15H2/t16-,17+/m0/s1. The first kappa shape index (κ1) is 18.0. The number of fused-ring (bicyclic) bond motifs is 1. The number of morpholine rings is 1. The molecule has 2 saturated heterocycles. The molecule has 0 unspecified atom stereocenters. The van der Waals surface area contributed by atoms with Crippen LogP contribution in [0.15, 0.2) is 18.2 Å². The van der Waals surface area contributed by atoms with Crippen molar-refractivity contribution in [3.63, 3.8) is 0 Å². The highest BCUT2D eigenvalue weighted by Gasteiger charge is 2.31. The summed E-state index contributed by atoms with van der Waals surface area (Å²) >= 11 is 0. The fourth-order valence-corrected chi connectivity index (χ4v) is 4.79. The van der Waals surface area contributed by atoms with Crippen LogP contribution in [0.1, 0.15) is 34.3 Å². The summed E-state index contributed by atoms with van der Waals surface area (Å²) in [6.45, 7) is 6.16. The first-order valence-corrected chi connectivity index (χ1v) is 10.0. The lowest BCUT2D eigenvalue weighted by molar-refractivity contribution is 0.0130. The third-order valence-electron chi connectivity index (χ3n) is 6.13. The molecule has 4 rings (SSSR count). The number of amides is 1. The molecule has 0 aromatic heterocycles. The van der Waals surface area contributed by atoms with Crippen LogP contribution >= 0.6 is 0 Å². The van der Waals surface area contributed by atoms with E-state index < -0.39 is 0 Å². The Labute approximate surface area is 155 Å². The van der Waals surface area contributed by atoms with E-state index in [9.17, 15) is 9.90 Å². The molecule has 0 radical (unpaired) electrons. The number of ether oxygens (including phenoxy) is 1. The Balaban J connectivity index is 1.44. The molecule has 1 amide bonds. The van der Waals surface area contributed by atoms with Crippen LogP contribution < -0.4 is 0 Å². The topological polar surface area (TPSA) is 53.0 Å². The minimum Gasteiger partial charge on any atom is -0.396 e. The maximum Gasteiger partial charge on any atom is 0.253 e. The van der Waals surface area contributed by atoms with E-state index in [1.165, 1.54) is 17.5 Å². The van der Waals surface area contributed by atoms with Crippen molar-refractivity contribution in [2.45, 2.75) is 25.7 Å². The van der Waals surface area contributed by atoms with Gasteiger partial charge in [-0.15, -0.1) is 0 Å². The molecular weight excluding hydrogens is 328 g/mol. The van der Waals surface area contributed by atoms with Gasteiger partial charge >= 0.3 is 0 Å². The third-order valence-corrected chi connectivity index (χ3v) is 6.13. The number of hydrogen-bond acceptors (Lipinski definition) is 4. The molecule has 2 heterocycles. The molecule has 3 aliphatic rings. The summed E-state index contributed by atoms with van der Waals surface area (Å²) in [5.74, 6) is 0.746. The van der Waals surface area contributed by atoms with Gasteiger partial charge in [0.25, 0.3) is 5.91 Å². The second kappa shape index (κ2) is 8.07. The van der Waals surface area contributed by atoms with E-state index in [1.807, 2.05) is 11.0 Å². The normalized spacial score (nSPS) is 26.7. The van der Waals surface area contributed by atoms with E-state index in [2.05, 4.69) is 17.0 Å². The lowest BCUT2D eigenvalue weighted by Crippen LogP contribution is -2.49. The number of carbonyl (C=O) groups is 1. The number of aryl methyl sites for hydroxylation is 2. The number of nitrogens with zero attached hydrogens (tertiary/aromatic N) is 2. The highest BCUT2D eigenvalue weighted by molar-refractivity contribution is 5.94. The Hall–Kier alpha value is -1.43. The zero-order valence-corrected chi connectivity index (χ0v) is 15.5. The van der Waals surface area contributed by atoms with Crippen LogP contribution in [0.5, 0.6) is 0 Å². The Morgan fingerprint density at radius 3 is 2.69 bits per heavy atom. The molecule has 5 heteroatoms. The van der Waals surface area contributed by atoms with Gasteiger partial charge in [0.15, 0.2) is 0 Å². The zero-order chi connectivity index (χ0) is 17.9. The molecule has 142 valence electrons. The fraction of sp³-hybridized carbons (Fsp3) is 0.667. The number of aliphatic hydroxyl groups excluding tert-OH is 1. The van der Waals surface area contributed by atoms with E-state index in [0.29, 0.717) is 12.5 Å². The fourth-order valence-electron chi connectivity index (χ4n) is 4.79. The van der Waals surface area contributed by atoms with Gasteiger partial charge < -0.3 is 14.7 Å². The predicted octanol–water partition coefficient (Wildman–Crippen LogP) is 1.58. The number of hydrogen-bond donors (Lipinski definition) is 1. The molecular formula is C21H30N2O3. The molecule has 2 atom stereocenters. The summed E-state index contributed by atoms with van der Waals surface area (Å²) < 4.78 is 5.44. The molecule has 1 aliphatic carbocycles. The lowest BCUT2D eigenvalue weighted by atomic mass is 9.88. The predicted molar refractivity (Wildman–Crippen MR) is 100 cm³/mol. The minimum absolute atomic E-state index is 0.129. The van der Waals surface area contributed by atoms with Crippen molar-refractivity contribution in [3.8, 4) is 0 Å². The largest absolute Gasteiger partial charge is 0.396 e. The van der Waals surface area contributed by atoms with E-state index in [0.717, 1.165) is 64.2 Å². The maximum absolute atomic E-state index is 13.1. The molecule has 2 fully saturated rings. The highest BCUT2D eigenvalue weighted by atomic mass is 16.5. The minimum atomic E-state index is 0.129. The van der Waals surface area contributed by atoms with E-state index >= 15 is 0 Å². The third kappa shape index (κ3) is 3.95. The summed E-state index contributed by atoms with van der Waals surface area (Å²) in [4.78, 5) is 17.5. The number of piperidine rings is 1. The zero-order valence-electron chi connectivity index (χ0n) is 15.5. The van der Waals surface area contributed by atoms with E-state index in [4.69, 9.17) is 4.74 Å². The van der Waals surface area contributed by atoms with Gasteiger partial charge in [-0.1, -0.05) is 6.07 Å². The van der Waals surface area contributed by atoms with Crippen molar-refractivity contribution in [2.24, 2.45) is 11.8 Å². The molecule has 26 heavy (non-hydrogen) atoms. The first-order chi connectivity index (χ1) is 12.7. The monoisotopic (exact) mass is 358 g/mol. The maximum atomic E-state index is 13.1. The smallest absolute Gasteiger partial charge is 0.253 e. The number of carbonyl (C=O) groups excluding carboxylic acids is 1. The van der Waals surface area contributed by atoms with Crippen LogP contribution in [0, 0.1) is 11.8 Å². The molecule has 0 saturated carbocycles. The molecule has 5 nitrogen and oxygen atoms in total. The molecule has 2 aliphatic heterocycles. The average Bonchev–Trinajstić information content (AvgIpc) is 3.15. The van der Waals surface area contributed by atoms with Gasteiger partial charge in [0.2, 0.25) is 0 Å². The number of rotatable bonds is 4. The van der Waals surface area contributed by atoms with Gasteiger partial charge in [0, 0.05) is 44.9 Å². The number of aliphatic hydroxyl groups is 1. The van der Waals surface area contributed by atoms with Crippen LogP contribution in [-0.4, -0.2) is 73.4 Å². The summed E-state index contributed by atoms with van der Waals surface area (Å²) in [7, 11) is 0. The average molecular weight is 358 g/mol. The van der Waals surface area contributed by atoms with E-state index in [1.54, 1.807) is 0 Å². The van der Waals surface area contributed by atoms with E-state index in [-0.39, 0.29) is 18.4 Å². The Morgan fingerprint density at radius 2 is 1.88 bits per heavy atom. The summed E-state index contributed by atoms with van der Waals surface area (Å²) in [5.41, 5.74) is 3.56. The summed E-state index contributed by atoms with van der Waals surface area (Å²) in [5, 5.41) is 9.74. The van der Waals surface area contributed by atoms with Gasteiger partial charge in [-0.05, 0) is 60.8 Å². The van der Waals surface area contributed by atoms with Crippen LogP contribution in [0.2, 0.25) is 0 Å². The van der Waals surface area contributed by atoms with Crippen LogP contribution in [0.3, 0.4) is 0 Å². The molecule has 0 spiro atoms. The lowest BCUT2D eigenvalue weighted by Gasteiger charge is -2.40. The van der Waals surface area contributed by atoms with Crippen LogP contribution in [0.4, 0.5) is 0 Å². The second-order valence-corrected chi connectivity index (χ2v) is 8.11. The Kier molecular flexibility index (Phi) is 5.57. The van der Waals surface area contributed by atoms with Gasteiger partial charge in [-0.25, -0.2) is 0 Å². The van der Waals surface area contributed by atoms with Crippen molar-refractivity contribution in [1.29, 1.82) is 0 Å². The molecule has 1 aromatic carbocycles. The van der Waals surface area contributed by atoms with Crippen molar-refractivity contribution in [3.05, 3.63) is 34.9 Å².